The molecule has 2 aromatic rings. The molecule has 1 aliphatic rings. The van der Waals surface area contributed by atoms with E-state index in [1.807, 2.05) is 25.1 Å². The molecule has 2 aromatic carbocycles. The first-order valence-electron chi connectivity index (χ1n) is 14.4. The Hall–Kier alpha value is -2.47. The van der Waals surface area contributed by atoms with Crippen LogP contribution in [0.25, 0.3) is 0 Å². The van der Waals surface area contributed by atoms with Gasteiger partial charge in [-0.3, -0.25) is 0 Å². The summed E-state index contributed by atoms with van der Waals surface area (Å²) in [5, 5.41) is -0.0256. The summed E-state index contributed by atoms with van der Waals surface area (Å²) < 4.78 is 68.6. The Morgan fingerprint density at radius 3 is 2.07 bits per heavy atom. The van der Waals surface area contributed by atoms with Gasteiger partial charge in [0.1, 0.15) is 4.90 Å². The van der Waals surface area contributed by atoms with Gasteiger partial charge in [-0.1, -0.05) is 27.7 Å². The molecule has 1 aliphatic heterocycles. The predicted octanol–water partition coefficient (Wildman–Crippen LogP) is 6.90. The highest BCUT2D eigenvalue weighted by atomic mass is 32.2. The molecule has 1 fully saturated rings. The number of sulfone groups is 1. The summed E-state index contributed by atoms with van der Waals surface area (Å²) in [5.41, 5.74) is 1.55. The average Bonchev–Trinajstić information content (AvgIpc) is 3.44. The van der Waals surface area contributed by atoms with Crippen molar-refractivity contribution >= 4 is 18.2 Å². The van der Waals surface area contributed by atoms with Gasteiger partial charge in [-0.2, -0.15) is 0 Å². The number of hydrogen-bond donors (Lipinski definition) is 0. The highest BCUT2D eigenvalue weighted by Gasteiger charge is 2.38. The Labute approximate surface area is 252 Å². The summed E-state index contributed by atoms with van der Waals surface area (Å²) in [6.07, 6.45) is 1.45. The summed E-state index contributed by atoms with van der Waals surface area (Å²) >= 11 is 0. The van der Waals surface area contributed by atoms with E-state index >= 15 is 0 Å². The molecule has 1 saturated heterocycles. The lowest BCUT2D eigenvalue weighted by molar-refractivity contribution is 0.0422. The smallest absolute Gasteiger partial charge is 0.203 e. The molecule has 0 unspecified atom stereocenters. The van der Waals surface area contributed by atoms with Gasteiger partial charge >= 0.3 is 0 Å². The normalized spacial score (nSPS) is 17.7. The maximum atomic E-state index is 13.8. The van der Waals surface area contributed by atoms with Crippen LogP contribution >= 0.6 is 0 Å². The lowest BCUT2D eigenvalue weighted by atomic mass is 10.0. The van der Waals surface area contributed by atoms with Crippen LogP contribution in [0.3, 0.4) is 0 Å². The van der Waals surface area contributed by atoms with Gasteiger partial charge in [-0.25, -0.2) is 8.42 Å². The summed E-state index contributed by atoms with van der Waals surface area (Å²) in [7, 11) is 0.339. The molecule has 0 N–H and O–H groups in total. The van der Waals surface area contributed by atoms with E-state index in [1.54, 1.807) is 27.4 Å². The third kappa shape index (κ3) is 7.35. The summed E-state index contributed by atoms with van der Waals surface area (Å²) in [5.74, 6) is 2.04. The first-order valence-corrected chi connectivity index (χ1v) is 19.0. The van der Waals surface area contributed by atoms with Gasteiger partial charge in [-0.15, -0.1) is 0 Å². The van der Waals surface area contributed by atoms with E-state index in [-0.39, 0.29) is 40.3 Å². The molecular formula is C31H48O9SSi. The van der Waals surface area contributed by atoms with Crippen LogP contribution in [-0.2, 0) is 19.0 Å². The van der Waals surface area contributed by atoms with Crippen LogP contribution in [0.1, 0.15) is 70.3 Å². The second kappa shape index (κ2) is 13.9. The molecule has 3 rings (SSSR count). The quantitative estimate of drug-likeness (QED) is 0.208. The molecule has 11 heteroatoms. The van der Waals surface area contributed by atoms with Gasteiger partial charge in [-0.05, 0) is 67.2 Å². The zero-order valence-corrected chi connectivity index (χ0v) is 28.6. The first-order chi connectivity index (χ1) is 19.7. The van der Waals surface area contributed by atoms with Crippen LogP contribution in [0, 0.1) is 0 Å². The fourth-order valence-corrected chi connectivity index (χ4v) is 7.21. The molecule has 0 aromatic heterocycles. The largest absolute Gasteiger partial charge is 0.493 e. The SMILES string of the molecule is CCCOc1c(OC)cc([C@@H]2CC[C@@H](c3ccc(OC)c(OC)c3OC)O2)cc1S(=O)(=O)CCO[Si](C)(C)C(C)(C)C. The summed E-state index contributed by atoms with van der Waals surface area (Å²) in [4.78, 5) is 0.0971. The molecule has 1 heterocycles. The minimum atomic E-state index is -3.78. The highest BCUT2D eigenvalue weighted by Crippen LogP contribution is 2.50. The molecular weight excluding hydrogens is 576 g/mol. The van der Waals surface area contributed by atoms with Crippen molar-refractivity contribution in [1.82, 2.24) is 0 Å². The van der Waals surface area contributed by atoms with Crippen molar-refractivity contribution in [2.24, 2.45) is 0 Å². The van der Waals surface area contributed by atoms with Crippen LogP contribution in [-0.4, -0.2) is 64.1 Å². The number of hydrogen-bond acceptors (Lipinski definition) is 9. The minimum absolute atomic E-state index is 0.0256. The fraction of sp³-hybridized carbons (Fsp3) is 0.613. The van der Waals surface area contributed by atoms with Gasteiger partial charge in [0.2, 0.25) is 5.75 Å². The average molecular weight is 625 g/mol. The summed E-state index contributed by atoms with van der Waals surface area (Å²) in [6.45, 7) is 13.1. The Balaban J connectivity index is 1.96. The number of benzene rings is 2. The van der Waals surface area contributed by atoms with Gasteiger partial charge in [0.25, 0.3) is 0 Å². The summed E-state index contributed by atoms with van der Waals surface area (Å²) in [6, 6.07) is 7.23. The van der Waals surface area contributed by atoms with E-state index in [9.17, 15) is 8.42 Å². The molecule has 0 amide bonds. The number of methoxy groups -OCH3 is 4. The molecule has 42 heavy (non-hydrogen) atoms. The van der Waals surface area contributed by atoms with Gasteiger partial charge < -0.3 is 32.8 Å². The predicted molar refractivity (Wildman–Crippen MR) is 166 cm³/mol. The Morgan fingerprint density at radius 2 is 1.50 bits per heavy atom. The highest BCUT2D eigenvalue weighted by molar-refractivity contribution is 7.91. The van der Waals surface area contributed by atoms with E-state index in [1.165, 1.54) is 7.11 Å². The van der Waals surface area contributed by atoms with Crippen molar-refractivity contribution in [2.45, 2.75) is 82.2 Å². The number of rotatable bonds is 14. The van der Waals surface area contributed by atoms with Crippen molar-refractivity contribution in [3.63, 3.8) is 0 Å². The molecule has 0 saturated carbocycles. The van der Waals surface area contributed by atoms with Gasteiger partial charge in [0.05, 0.1) is 53.0 Å². The van der Waals surface area contributed by atoms with Crippen LogP contribution in [0.4, 0.5) is 0 Å². The molecule has 0 spiro atoms. The zero-order valence-electron chi connectivity index (χ0n) is 26.8. The lowest BCUT2D eigenvalue weighted by Crippen LogP contribution is -2.41. The number of ether oxygens (including phenoxy) is 6. The van der Waals surface area contributed by atoms with Crippen LogP contribution in [0.15, 0.2) is 29.2 Å². The second-order valence-corrected chi connectivity index (χ2v) is 18.8. The maximum absolute atomic E-state index is 13.8. The molecule has 236 valence electrons. The van der Waals surface area contributed by atoms with E-state index in [4.69, 9.17) is 32.8 Å². The van der Waals surface area contributed by atoms with Crippen molar-refractivity contribution in [1.29, 1.82) is 0 Å². The topological polar surface area (TPSA) is 98.8 Å². The Kier molecular flexibility index (Phi) is 11.2. The third-order valence-electron chi connectivity index (χ3n) is 8.14. The molecule has 9 nitrogen and oxygen atoms in total. The van der Waals surface area contributed by atoms with Crippen LogP contribution in [0.2, 0.25) is 18.1 Å². The monoisotopic (exact) mass is 624 g/mol. The third-order valence-corrected chi connectivity index (χ3v) is 14.4. The van der Waals surface area contributed by atoms with Crippen molar-refractivity contribution in [3.8, 4) is 28.7 Å². The van der Waals surface area contributed by atoms with E-state index < -0.39 is 18.2 Å². The molecule has 0 aliphatic carbocycles. The van der Waals surface area contributed by atoms with E-state index in [0.29, 0.717) is 48.0 Å². The van der Waals surface area contributed by atoms with Crippen molar-refractivity contribution < 1.29 is 41.3 Å². The van der Waals surface area contributed by atoms with Crippen molar-refractivity contribution in [2.75, 3.05) is 47.4 Å². The van der Waals surface area contributed by atoms with Crippen molar-refractivity contribution in [3.05, 3.63) is 35.4 Å². The van der Waals surface area contributed by atoms with E-state index in [0.717, 1.165) is 12.0 Å². The van der Waals surface area contributed by atoms with Gasteiger partial charge in [0.15, 0.2) is 41.2 Å². The van der Waals surface area contributed by atoms with Gasteiger partial charge in [0, 0.05) is 12.2 Å². The Bertz CT molecular complexity index is 1320. The zero-order chi connectivity index (χ0) is 31.3. The lowest BCUT2D eigenvalue weighted by Gasteiger charge is -2.36. The van der Waals surface area contributed by atoms with Crippen LogP contribution in [0.5, 0.6) is 28.7 Å². The second-order valence-electron chi connectivity index (χ2n) is 11.9. The fourth-order valence-electron chi connectivity index (χ4n) is 4.73. The minimum Gasteiger partial charge on any atom is -0.493 e. The first kappa shape index (κ1) is 34.0. The van der Waals surface area contributed by atoms with E-state index in [2.05, 4.69) is 33.9 Å². The molecule has 2 atom stereocenters. The molecule has 0 radical (unpaired) electrons. The van der Waals surface area contributed by atoms with Crippen LogP contribution < -0.4 is 23.7 Å². The molecule has 0 bridgehead atoms. The standard InChI is InChI=1S/C31H48O9SSi/c1-11-16-38-29-26(35-6)19-21(20-27(29)41(32,33)18-17-39-42(9,10)31(2,3)4)23-14-15-24(40-23)22-12-13-25(34-5)30(37-8)28(22)36-7/h12-13,19-20,23-24H,11,14-18H2,1-10H3/t23-,24-/m0/s1. The Morgan fingerprint density at radius 1 is 0.857 bits per heavy atom. The maximum Gasteiger partial charge on any atom is 0.203 e.